The van der Waals surface area contributed by atoms with E-state index in [-0.39, 0.29) is 29.7 Å². The third-order valence-electron chi connectivity index (χ3n) is 4.73. The number of hydrogen-bond donors (Lipinski definition) is 1. The van der Waals surface area contributed by atoms with Crippen molar-refractivity contribution in [3.63, 3.8) is 0 Å². The van der Waals surface area contributed by atoms with Gasteiger partial charge in [-0.3, -0.25) is 14.4 Å². The zero-order valence-electron chi connectivity index (χ0n) is 16.2. The molecule has 0 unspecified atom stereocenters. The van der Waals surface area contributed by atoms with Crippen LogP contribution in [0.25, 0.3) is 0 Å². The molecule has 0 radical (unpaired) electrons. The highest BCUT2D eigenvalue weighted by molar-refractivity contribution is 5.96. The molecule has 6 heteroatoms. The summed E-state index contributed by atoms with van der Waals surface area (Å²) in [6, 6.07) is 7.19. The summed E-state index contributed by atoms with van der Waals surface area (Å²) in [5, 5.41) is 2.68. The molecule has 1 fully saturated rings. The highest BCUT2D eigenvalue weighted by atomic mass is 16.5. The molecule has 1 N–H and O–H groups in total. The first-order chi connectivity index (χ1) is 13.0. The van der Waals surface area contributed by atoms with Crippen molar-refractivity contribution in [3.05, 3.63) is 29.8 Å². The number of ether oxygens (including phenoxy) is 2. The minimum Gasteiger partial charge on any atom is -0.490 e. The van der Waals surface area contributed by atoms with Gasteiger partial charge in [0.25, 0.3) is 0 Å². The van der Waals surface area contributed by atoms with Crippen molar-refractivity contribution in [2.75, 3.05) is 13.2 Å². The molecule has 0 heterocycles. The number of carbonyl (C=O) groups excluding carboxylic acids is 3. The van der Waals surface area contributed by atoms with Crippen molar-refractivity contribution in [1.82, 2.24) is 5.32 Å². The number of Topliss-reactive ketones (excluding diaryl/α,β-unsaturated/α-hetero) is 1. The Kier molecular flexibility index (Phi) is 8.30. The maximum atomic E-state index is 12.1. The Bertz CT molecular complexity index is 632. The van der Waals surface area contributed by atoms with E-state index in [2.05, 4.69) is 5.32 Å². The van der Waals surface area contributed by atoms with E-state index in [1.54, 1.807) is 12.1 Å². The zero-order valence-corrected chi connectivity index (χ0v) is 16.2. The summed E-state index contributed by atoms with van der Waals surface area (Å²) in [6.07, 6.45) is 4.34. The molecule has 1 aromatic rings. The van der Waals surface area contributed by atoms with Gasteiger partial charge in [0.15, 0.2) is 5.78 Å². The molecule has 148 valence electrons. The van der Waals surface area contributed by atoms with Crippen LogP contribution in [0, 0.1) is 5.92 Å². The molecule has 0 spiro atoms. The van der Waals surface area contributed by atoms with Gasteiger partial charge in [-0.15, -0.1) is 0 Å². The van der Waals surface area contributed by atoms with Crippen LogP contribution in [0.4, 0.5) is 0 Å². The molecule has 0 saturated heterocycles. The van der Waals surface area contributed by atoms with Gasteiger partial charge < -0.3 is 14.8 Å². The summed E-state index contributed by atoms with van der Waals surface area (Å²) in [6.45, 7) is 4.22. The molecule has 1 saturated carbocycles. The van der Waals surface area contributed by atoms with Crippen LogP contribution in [-0.2, 0) is 14.3 Å². The summed E-state index contributed by atoms with van der Waals surface area (Å²) in [7, 11) is 0. The highest BCUT2D eigenvalue weighted by Gasteiger charge is 2.28. The van der Waals surface area contributed by atoms with Crippen molar-refractivity contribution in [3.8, 4) is 5.75 Å². The van der Waals surface area contributed by atoms with Gasteiger partial charge in [-0.05, 0) is 63.3 Å². The Morgan fingerprint density at radius 3 is 2.33 bits per heavy atom. The number of esters is 1. The smallest absolute Gasteiger partial charge is 0.308 e. The predicted molar refractivity (Wildman–Crippen MR) is 102 cm³/mol. The van der Waals surface area contributed by atoms with Crippen LogP contribution >= 0.6 is 0 Å². The minimum atomic E-state index is -0.0997. The monoisotopic (exact) mass is 375 g/mol. The molecule has 27 heavy (non-hydrogen) atoms. The zero-order chi connectivity index (χ0) is 19.6. The Hall–Kier alpha value is -2.37. The average molecular weight is 375 g/mol. The van der Waals surface area contributed by atoms with E-state index < -0.39 is 0 Å². The molecule has 0 aromatic heterocycles. The van der Waals surface area contributed by atoms with Crippen molar-refractivity contribution >= 4 is 17.7 Å². The molecular formula is C21H29NO5. The Labute approximate surface area is 160 Å². The number of nitrogens with one attached hydrogen (secondary N) is 1. The topological polar surface area (TPSA) is 81.7 Å². The average Bonchev–Trinajstić information content (AvgIpc) is 2.66. The summed E-state index contributed by atoms with van der Waals surface area (Å²) in [5.41, 5.74) is 0.649. The lowest BCUT2D eigenvalue weighted by molar-refractivity contribution is -0.149. The molecule has 1 aromatic carbocycles. The first-order valence-electron chi connectivity index (χ1n) is 9.70. The molecule has 1 amide bonds. The van der Waals surface area contributed by atoms with Crippen LogP contribution in [0.2, 0.25) is 0 Å². The Morgan fingerprint density at radius 1 is 1.07 bits per heavy atom. The van der Waals surface area contributed by atoms with Gasteiger partial charge in [-0.25, -0.2) is 0 Å². The van der Waals surface area contributed by atoms with E-state index in [1.807, 2.05) is 19.1 Å². The number of rotatable bonds is 9. The standard InChI is InChI=1S/C21H29NO5/c1-3-26-21(25)17-8-12-19(13-9-17)27-18-10-6-16(7-11-18)20(24)5-4-14-22-15(2)23/h6-7,10-11,17,19H,3-5,8-9,12-14H2,1-2H3,(H,22,23). The molecular weight excluding hydrogens is 346 g/mol. The molecule has 1 aliphatic carbocycles. The van der Waals surface area contributed by atoms with Crippen LogP contribution in [0.15, 0.2) is 24.3 Å². The molecule has 0 aliphatic heterocycles. The van der Waals surface area contributed by atoms with E-state index in [1.165, 1.54) is 6.92 Å². The van der Waals surface area contributed by atoms with Gasteiger partial charge in [0.1, 0.15) is 5.75 Å². The maximum absolute atomic E-state index is 12.1. The van der Waals surface area contributed by atoms with Crippen molar-refractivity contribution in [2.24, 2.45) is 5.92 Å². The lowest BCUT2D eigenvalue weighted by Gasteiger charge is -2.27. The van der Waals surface area contributed by atoms with Gasteiger partial charge >= 0.3 is 5.97 Å². The summed E-state index contributed by atoms with van der Waals surface area (Å²) < 4.78 is 11.1. The van der Waals surface area contributed by atoms with Crippen molar-refractivity contribution in [1.29, 1.82) is 0 Å². The van der Waals surface area contributed by atoms with Crippen LogP contribution in [-0.4, -0.2) is 36.9 Å². The molecule has 0 bridgehead atoms. The third kappa shape index (κ3) is 7.04. The second-order valence-corrected chi connectivity index (χ2v) is 6.88. The Balaban J connectivity index is 1.75. The first kappa shape index (κ1) is 20.9. The summed E-state index contributed by atoms with van der Waals surface area (Å²) in [4.78, 5) is 34.7. The van der Waals surface area contributed by atoms with Gasteiger partial charge in [0, 0.05) is 25.5 Å². The maximum Gasteiger partial charge on any atom is 0.308 e. The predicted octanol–water partition coefficient (Wildman–Crippen LogP) is 3.29. The Morgan fingerprint density at radius 2 is 1.74 bits per heavy atom. The van der Waals surface area contributed by atoms with Crippen molar-refractivity contribution in [2.45, 2.75) is 58.5 Å². The quantitative estimate of drug-likeness (QED) is 0.407. The fourth-order valence-corrected chi connectivity index (χ4v) is 3.25. The number of hydrogen-bond acceptors (Lipinski definition) is 5. The number of amides is 1. The number of carbonyl (C=O) groups is 3. The second kappa shape index (κ2) is 10.7. The van der Waals surface area contributed by atoms with E-state index in [0.717, 1.165) is 31.4 Å². The fourth-order valence-electron chi connectivity index (χ4n) is 3.25. The van der Waals surface area contributed by atoms with Crippen LogP contribution < -0.4 is 10.1 Å². The van der Waals surface area contributed by atoms with Gasteiger partial charge in [0.05, 0.1) is 18.6 Å². The van der Waals surface area contributed by atoms with Crippen LogP contribution in [0.3, 0.4) is 0 Å². The summed E-state index contributed by atoms with van der Waals surface area (Å²) in [5.74, 6) is 0.603. The lowest BCUT2D eigenvalue weighted by atomic mass is 9.87. The van der Waals surface area contributed by atoms with Gasteiger partial charge in [0.2, 0.25) is 5.91 Å². The van der Waals surface area contributed by atoms with Crippen LogP contribution in [0.5, 0.6) is 5.75 Å². The van der Waals surface area contributed by atoms with Gasteiger partial charge in [-0.2, -0.15) is 0 Å². The summed E-state index contributed by atoms with van der Waals surface area (Å²) >= 11 is 0. The second-order valence-electron chi connectivity index (χ2n) is 6.88. The fraction of sp³-hybridized carbons (Fsp3) is 0.571. The minimum absolute atomic E-state index is 0.0118. The molecule has 6 nitrogen and oxygen atoms in total. The van der Waals surface area contributed by atoms with E-state index in [9.17, 15) is 14.4 Å². The number of benzene rings is 1. The third-order valence-corrected chi connectivity index (χ3v) is 4.73. The van der Waals surface area contributed by atoms with Crippen LogP contribution in [0.1, 0.15) is 62.7 Å². The first-order valence-corrected chi connectivity index (χ1v) is 9.70. The lowest BCUT2D eigenvalue weighted by Crippen LogP contribution is -2.29. The van der Waals surface area contributed by atoms with E-state index in [4.69, 9.17) is 9.47 Å². The molecule has 0 atom stereocenters. The van der Waals surface area contributed by atoms with E-state index in [0.29, 0.717) is 31.6 Å². The SMILES string of the molecule is CCOC(=O)C1CCC(Oc2ccc(C(=O)CCCNC(C)=O)cc2)CC1. The number of ketones is 1. The molecule has 2 rings (SSSR count). The van der Waals surface area contributed by atoms with Crippen molar-refractivity contribution < 1.29 is 23.9 Å². The highest BCUT2D eigenvalue weighted by Crippen LogP contribution is 2.28. The molecule has 1 aliphatic rings. The van der Waals surface area contributed by atoms with E-state index >= 15 is 0 Å². The normalized spacial score (nSPS) is 19.2. The van der Waals surface area contributed by atoms with Gasteiger partial charge in [-0.1, -0.05) is 0 Å². The largest absolute Gasteiger partial charge is 0.490 e.